The summed E-state index contributed by atoms with van der Waals surface area (Å²) in [5.74, 6) is -1.37. The molecule has 0 bridgehead atoms. The van der Waals surface area contributed by atoms with E-state index in [1.165, 1.54) is 12.1 Å². The zero-order valence-corrected chi connectivity index (χ0v) is 15.1. The second-order valence-corrected chi connectivity index (χ2v) is 7.02. The van der Waals surface area contributed by atoms with Gasteiger partial charge in [-0.15, -0.1) is 0 Å². The molecule has 1 aliphatic rings. The summed E-state index contributed by atoms with van der Waals surface area (Å²) in [6, 6.07) is 11.5. The average Bonchev–Trinajstić information content (AvgIpc) is 2.62. The van der Waals surface area contributed by atoms with Gasteiger partial charge in [0.2, 0.25) is 5.91 Å². The topological polar surface area (TPSA) is 66.4 Å². The van der Waals surface area contributed by atoms with Crippen molar-refractivity contribution < 1.29 is 27.9 Å². The van der Waals surface area contributed by atoms with Crippen LogP contribution in [0, 0.1) is 0 Å². The Kier molecular flexibility index (Phi) is 5.45. The monoisotopic (exact) mass is 391 g/mol. The highest BCUT2D eigenvalue weighted by Gasteiger charge is 2.41. The summed E-state index contributed by atoms with van der Waals surface area (Å²) in [6.07, 6.45) is -2.17. The van der Waals surface area contributed by atoms with Gasteiger partial charge < -0.3 is 10.4 Å². The number of hydrogen-bond donors (Lipinski definition) is 2. The summed E-state index contributed by atoms with van der Waals surface area (Å²) in [5.41, 5.74) is -0.378. The molecule has 4 nitrogen and oxygen atoms in total. The molecule has 3 rings (SSSR count). The maximum atomic E-state index is 13.0. The molecule has 0 saturated heterocycles. The van der Waals surface area contributed by atoms with E-state index < -0.39 is 23.2 Å². The summed E-state index contributed by atoms with van der Waals surface area (Å²) >= 11 is 0. The minimum Gasteiger partial charge on any atom is -0.478 e. The fourth-order valence-corrected chi connectivity index (χ4v) is 3.53. The predicted molar refractivity (Wildman–Crippen MR) is 96.8 cm³/mol. The molecule has 1 aliphatic carbocycles. The van der Waals surface area contributed by atoms with E-state index in [0.717, 1.165) is 18.6 Å². The number of aromatic carboxylic acids is 1. The number of halogens is 3. The highest BCUT2D eigenvalue weighted by atomic mass is 19.4. The highest BCUT2D eigenvalue weighted by Crippen LogP contribution is 2.43. The number of aryl methyl sites for hydroxylation is 1. The van der Waals surface area contributed by atoms with Crippen molar-refractivity contribution in [3.05, 3.63) is 70.8 Å². The van der Waals surface area contributed by atoms with Crippen LogP contribution in [0.25, 0.3) is 0 Å². The molecule has 7 heteroatoms. The third-order valence-electron chi connectivity index (χ3n) is 5.20. The second-order valence-electron chi connectivity index (χ2n) is 7.02. The van der Waals surface area contributed by atoms with Crippen molar-refractivity contribution in [2.75, 3.05) is 0 Å². The van der Waals surface area contributed by atoms with Gasteiger partial charge in [0.05, 0.1) is 16.7 Å². The van der Waals surface area contributed by atoms with Crippen molar-refractivity contribution in [3.8, 4) is 0 Å². The first kappa shape index (κ1) is 19.9. The molecule has 0 aromatic heterocycles. The van der Waals surface area contributed by atoms with Crippen molar-refractivity contribution in [1.29, 1.82) is 0 Å². The van der Waals surface area contributed by atoms with Crippen LogP contribution in [0.15, 0.2) is 48.5 Å². The summed E-state index contributed by atoms with van der Waals surface area (Å²) in [4.78, 5) is 23.7. The number of benzene rings is 2. The van der Waals surface area contributed by atoms with E-state index in [9.17, 15) is 27.9 Å². The summed E-state index contributed by atoms with van der Waals surface area (Å²) < 4.78 is 39.1. The first-order valence-electron chi connectivity index (χ1n) is 9.01. The quantitative estimate of drug-likeness (QED) is 0.760. The fraction of sp³-hybridized carbons (Fsp3) is 0.333. The highest BCUT2D eigenvalue weighted by molar-refractivity contribution is 5.89. The van der Waals surface area contributed by atoms with Crippen molar-refractivity contribution in [1.82, 2.24) is 5.32 Å². The number of hydrogen-bond acceptors (Lipinski definition) is 2. The SMILES string of the molecule is O=C(CCc1ccccc1C(=O)O)NC1(c2cccc(C(F)(F)F)c2)CCC1. The predicted octanol–water partition coefficient (Wildman–Crippen LogP) is 4.53. The summed E-state index contributed by atoms with van der Waals surface area (Å²) in [6.45, 7) is 0. The Morgan fingerprint density at radius 3 is 2.39 bits per heavy atom. The summed E-state index contributed by atoms with van der Waals surface area (Å²) in [7, 11) is 0. The van der Waals surface area contributed by atoms with Crippen LogP contribution in [-0.2, 0) is 22.9 Å². The normalized spacial score (nSPS) is 15.5. The third-order valence-corrected chi connectivity index (χ3v) is 5.20. The molecule has 28 heavy (non-hydrogen) atoms. The third kappa shape index (κ3) is 4.18. The number of alkyl halides is 3. The van der Waals surface area contributed by atoms with Gasteiger partial charge in [0.15, 0.2) is 0 Å². The lowest BCUT2D eigenvalue weighted by molar-refractivity contribution is -0.137. The molecule has 0 heterocycles. The maximum Gasteiger partial charge on any atom is 0.416 e. The Bertz CT molecular complexity index is 888. The van der Waals surface area contributed by atoms with E-state index >= 15 is 0 Å². The Balaban J connectivity index is 1.71. The lowest BCUT2D eigenvalue weighted by Gasteiger charge is -2.43. The van der Waals surface area contributed by atoms with Gasteiger partial charge in [-0.25, -0.2) is 4.79 Å². The standard InChI is InChI=1S/C21H20F3NO3/c22-21(23,24)16-7-3-6-15(13-16)20(11-4-12-20)25-18(26)10-9-14-5-1-2-8-17(14)19(27)28/h1-3,5-8,13H,4,9-12H2,(H,25,26)(H,27,28). The molecule has 1 amide bonds. The minimum absolute atomic E-state index is 0.0605. The molecule has 1 saturated carbocycles. The zero-order chi connectivity index (χ0) is 20.4. The van der Waals surface area contributed by atoms with E-state index in [1.807, 2.05) is 0 Å². The van der Waals surface area contributed by atoms with Crippen LogP contribution in [0.1, 0.15) is 52.7 Å². The van der Waals surface area contributed by atoms with Gasteiger partial charge in [0.1, 0.15) is 0 Å². The molecule has 2 aromatic carbocycles. The molecule has 0 aliphatic heterocycles. The Labute approximate surface area is 160 Å². The molecule has 0 spiro atoms. The number of carbonyl (C=O) groups excluding carboxylic acids is 1. The van der Waals surface area contributed by atoms with Crippen LogP contribution in [0.4, 0.5) is 13.2 Å². The van der Waals surface area contributed by atoms with Crippen LogP contribution in [0.5, 0.6) is 0 Å². The van der Waals surface area contributed by atoms with Gasteiger partial charge in [-0.1, -0.05) is 30.3 Å². The number of carbonyl (C=O) groups is 2. The van der Waals surface area contributed by atoms with Gasteiger partial charge in [-0.2, -0.15) is 13.2 Å². The minimum atomic E-state index is -4.44. The smallest absolute Gasteiger partial charge is 0.416 e. The van der Waals surface area contributed by atoms with Gasteiger partial charge in [0, 0.05) is 6.42 Å². The molecule has 2 aromatic rings. The van der Waals surface area contributed by atoms with E-state index in [-0.39, 0.29) is 24.3 Å². The molecule has 2 N–H and O–H groups in total. The Morgan fingerprint density at radius 1 is 1.07 bits per heavy atom. The van der Waals surface area contributed by atoms with Crippen molar-refractivity contribution in [2.45, 2.75) is 43.8 Å². The van der Waals surface area contributed by atoms with Gasteiger partial charge in [0.25, 0.3) is 0 Å². The number of rotatable bonds is 6. The van der Waals surface area contributed by atoms with Crippen molar-refractivity contribution >= 4 is 11.9 Å². The molecule has 0 unspecified atom stereocenters. The van der Waals surface area contributed by atoms with Crippen molar-refractivity contribution in [3.63, 3.8) is 0 Å². The molecule has 0 atom stereocenters. The number of carboxylic acids is 1. The van der Waals surface area contributed by atoms with E-state index in [4.69, 9.17) is 0 Å². The Morgan fingerprint density at radius 2 is 1.79 bits per heavy atom. The van der Waals surface area contributed by atoms with Gasteiger partial charge >= 0.3 is 12.1 Å². The average molecular weight is 391 g/mol. The Hall–Kier alpha value is -2.83. The molecule has 0 radical (unpaired) electrons. The lowest BCUT2D eigenvalue weighted by Crippen LogP contribution is -2.51. The van der Waals surface area contributed by atoms with Crippen molar-refractivity contribution in [2.24, 2.45) is 0 Å². The van der Waals surface area contributed by atoms with E-state index in [1.54, 1.807) is 24.3 Å². The van der Waals surface area contributed by atoms with Gasteiger partial charge in [-0.3, -0.25) is 4.79 Å². The van der Waals surface area contributed by atoms with Crippen LogP contribution < -0.4 is 5.32 Å². The first-order chi connectivity index (χ1) is 13.2. The largest absolute Gasteiger partial charge is 0.478 e. The maximum absolute atomic E-state index is 13.0. The fourth-order valence-electron chi connectivity index (χ4n) is 3.53. The molecule has 1 fully saturated rings. The molecule has 148 valence electrons. The van der Waals surface area contributed by atoms with E-state index in [2.05, 4.69) is 5.32 Å². The van der Waals surface area contributed by atoms with Crippen LogP contribution >= 0.6 is 0 Å². The second kappa shape index (κ2) is 7.66. The first-order valence-corrected chi connectivity index (χ1v) is 9.01. The van der Waals surface area contributed by atoms with Crippen LogP contribution in [-0.4, -0.2) is 17.0 Å². The lowest BCUT2D eigenvalue weighted by atomic mass is 9.71. The van der Waals surface area contributed by atoms with E-state index in [0.29, 0.717) is 24.0 Å². The molecular weight excluding hydrogens is 371 g/mol. The zero-order valence-electron chi connectivity index (χ0n) is 15.1. The summed E-state index contributed by atoms with van der Waals surface area (Å²) in [5, 5.41) is 12.1. The number of amides is 1. The number of nitrogens with one attached hydrogen (secondary N) is 1. The van der Waals surface area contributed by atoms with Crippen LogP contribution in [0.2, 0.25) is 0 Å². The van der Waals surface area contributed by atoms with Gasteiger partial charge in [-0.05, 0) is 55.0 Å². The number of carboxylic acid groups (broad SMARTS) is 1. The van der Waals surface area contributed by atoms with Crippen LogP contribution in [0.3, 0.4) is 0 Å². The molecular formula is C21H20F3NO3.